The van der Waals surface area contributed by atoms with Crippen molar-refractivity contribution in [3.8, 4) is 5.75 Å². The molecule has 2 aromatic carbocycles. The van der Waals surface area contributed by atoms with Crippen molar-refractivity contribution in [1.29, 1.82) is 0 Å². The largest absolute Gasteiger partial charge is 0.487 e. The second kappa shape index (κ2) is 7.05. The quantitative estimate of drug-likeness (QED) is 0.421. The Balaban J connectivity index is 1.41. The van der Waals surface area contributed by atoms with Gasteiger partial charge in [0, 0.05) is 17.5 Å². The van der Waals surface area contributed by atoms with Crippen LogP contribution < -0.4 is 10.5 Å². The standard InChI is InChI=1S/C23H17F4N5O2/c24-13-7-19-20(14-3-2-12(23(25,26)27)6-18(14)34-19)31(9-13)22(33)11-1-4-15-16(5-11)32-10-29-8-17(32)21(28)30-15/h1-6,8,10,13,19-20H,7,9H2,(H2,28,30). The monoisotopic (exact) mass is 471 g/mol. The summed E-state index contributed by atoms with van der Waals surface area (Å²) in [6, 6.07) is 7.32. The number of anilines is 1. The number of imidazole rings is 1. The van der Waals surface area contributed by atoms with Crippen LogP contribution in [0.1, 0.15) is 33.9 Å². The van der Waals surface area contributed by atoms with E-state index >= 15 is 0 Å². The molecule has 0 bridgehead atoms. The van der Waals surface area contributed by atoms with Crippen molar-refractivity contribution in [2.75, 3.05) is 12.3 Å². The van der Waals surface area contributed by atoms with Gasteiger partial charge in [0.05, 0.1) is 41.7 Å². The molecular weight excluding hydrogens is 454 g/mol. The highest BCUT2D eigenvalue weighted by Gasteiger charge is 2.47. The average molecular weight is 471 g/mol. The normalized spacial score (nSPS) is 22.0. The van der Waals surface area contributed by atoms with Crippen LogP contribution in [0, 0.1) is 0 Å². The van der Waals surface area contributed by atoms with Crippen molar-refractivity contribution in [1.82, 2.24) is 19.3 Å². The summed E-state index contributed by atoms with van der Waals surface area (Å²) >= 11 is 0. The second-order valence-electron chi connectivity index (χ2n) is 8.49. The third-order valence-corrected chi connectivity index (χ3v) is 6.39. The Morgan fingerprint density at radius 1 is 1.15 bits per heavy atom. The Bertz CT molecular complexity index is 1470. The van der Waals surface area contributed by atoms with Crippen molar-refractivity contribution in [2.24, 2.45) is 0 Å². The van der Waals surface area contributed by atoms with Gasteiger partial charge >= 0.3 is 6.18 Å². The molecule has 11 heteroatoms. The van der Waals surface area contributed by atoms with E-state index < -0.39 is 36.0 Å². The van der Waals surface area contributed by atoms with Crippen LogP contribution >= 0.6 is 0 Å². The lowest BCUT2D eigenvalue weighted by Crippen LogP contribution is -2.49. The Kier molecular flexibility index (Phi) is 4.29. The van der Waals surface area contributed by atoms with Crippen molar-refractivity contribution in [2.45, 2.75) is 30.9 Å². The highest BCUT2D eigenvalue weighted by atomic mass is 19.4. The van der Waals surface area contributed by atoms with Gasteiger partial charge in [0.2, 0.25) is 0 Å². The first kappa shape index (κ1) is 20.7. The van der Waals surface area contributed by atoms with Crippen LogP contribution in [0.3, 0.4) is 0 Å². The molecule has 1 saturated heterocycles. The summed E-state index contributed by atoms with van der Waals surface area (Å²) < 4.78 is 61.5. The molecule has 4 aromatic rings. The fourth-order valence-corrected chi connectivity index (χ4v) is 4.87. The lowest BCUT2D eigenvalue weighted by molar-refractivity contribution is -0.137. The summed E-state index contributed by atoms with van der Waals surface area (Å²) in [5, 5.41) is 0. The van der Waals surface area contributed by atoms with E-state index in [9.17, 15) is 22.4 Å². The first-order chi connectivity index (χ1) is 16.2. The molecule has 6 rings (SSSR count). The molecule has 0 spiro atoms. The molecule has 0 aliphatic carbocycles. The molecule has 34 heavy (non-hydrogen) atoms. The van der Waals surface area contributed by atoms with Crippen LogP contribution in [0.25, 0.3) is 16.6 Å². The summed E-state index contributed by atoms with van der Waals surface area (Å²) in [4.78, 5) is 23.3. The molecule has 3 unspecified atom stereocenters. The zero-order chi connectivity index (χ0) is 23.8. The van der Waals surface area contributed by atoms with E-state index in [1.807, 2.05) is 0 Å². The van der Waals surface area contributed by atoms with Crippen molar-refractivity contribution in [3.63, 3.8) is 0 Å². The Morgan fingerprint density at radius 2 is 1.97 bits per heavy atom. The van der Waals surface area contributed by atoms with E-state index in [2.05, 4.69) is 9.97 Å². The zero-order valence-electron chi connectivity index (χ0n) is 17.5. The summed E-state index contributed by atoms with van der Waals surface area (Å²) in [5.41, 5.74) is 7.55. The van der Waals surface area contributed by atoms with Crippen LogP contribution in [0.2, 0.25) is 0 Å². The number of likely N-dealkylation sites (tertiary alicyclic amines) is 1. The summed E-state index contributed by atoms with van der Waals surface area (Å²) in [6.07, 6.45) is -3.58. The molecule has 2 aliphatic rings. The lowest BCUT2D eigenvalue weighted by atomic mass is 9.92. The third-order valence-electron chi connectivity index (χ3n) is 6.39. The number of carbonyl (C=O) groups is 1. The molecular formula is C23H17F4N5O2. The minimum absolute atomic E-state index is 0.0128. The molecule has 1 fully saturated rings. The number of benzene rings is 2. The van der Waals surface area contributed by atoms with Crippen LogP contribution in [0.15, 0.2) is 48.9 Å². The molecule has 3 atom stereocenters. The minimum Gasteiger partial charge on any atom is -0.487 e. The minimum atomic E-state index is -4.54. The predicted molar refractivity (Wildman–Crippen MR) is 114 cm³/mol. The van der Waals surface area contributed by atoms with Crippen LogP contribution in [0.5, 0.6) is 5.75 Å². The number of piperidine rings is 1. The maximum atomic E-state index is 14.6. The molecule has 2 N–H and O–H groups in total. The first-order valence-electron chi connectivity index (χ1n) is 10.5. The molecule has 4 heterocycles. The average Bonchev–Trinajstić information content (AvgIpc) is 3.42. The number of aromatic nitrogens is 3. The van der Waals surface area contributed by atoms with E-state index in [1.165, 1.54) is 11.0 Å². The van der Waals surface area contributed by atoms with E-state index in [0.29, 0.717) is 27.9 Å². The van der Waals surface area contributed by atoms with E-state index in [1.54, 1.807) is 35.1 Å². The van der Waals surface area contributed by atoms with Gasteiger partial charge in [-0.15, -0.1) is 0 Å². The number of carbonyl (C=O) groups excluding carboxylic acids is 1. The van der Waals surface area contributed by atoms with Gasteiger partial charge in [0.15, 0.2) is 0 Å². The fraction of sp³-hybridized carbons (Fsp3) is 0.261. The molecule has 7 nitrogen and oxygen atoms in total. The maximum absolute atomic E-state index is 14.6. The van der Waals surface area contributed by atoms with Crippen molar-refractivity contribution in [3.05, 3.63) is 65.6 Å². The topological polar surface area (TPSA) is 85.8 Å². The molecule has 0 radical (unpaired) electrons. The first-order valence-corrected chi connectivity index (χ1v) is 10.5. The number of fused-ring (bicyclic) bond motifs is 6. The second-order valence-corrected chi connectivity index (χ2v) is 8.49. The number of ether oxygens (including phenoxy) is 1. The summed E-state index contributed by atoms with van der Waals surface area (Å²) in [6.45, 7) is -0.192. The van der Waals surface area contributed by atoms with Gasteiger partial charge in [-0.05, 0) is 30.3 Å². The van der Waals surface area contributed by atoms with Gasteiger partial charge in [-0.25, -0.2) is 14.4 Å². The number of hydrogen-bond acceptors (Lipinski definition) is 5. The molecule has 2 aromatic heterocycles. The van der Waals surface area contributed by atoms with Gasteiger partial charge in [-0.1, -0.05) is 6.07 Å². The highest BCUT2D eigenvalue weighted by molar-refractivity contribution is 5.98. The van der Waals surface area contributed by atoms with Gasteiger partial charge < -0.3 is 15.4 Å². The van der Waals surface area contributed by atoms with E-state index in [0.717, 1.165) is 12.1 Å². The summed E-state index contributed by atoms with van der Waals surface area (Å²) in [7, 11) is 0. The number of rotatable bonds is 1. The van der Waals surface area contributed by atoms with Crippen molar-refractivity contribution >= 4 is 28.3 Å². The van der Waals surface area contributed by atoms with Crippen LogP contribution in [-0.2, 0) is 6.18 Å². The number of halogens is 4. The summed E-state index contributed by atoms with van der Waals surface area (Å²) in [5.74, 6) is -0.142. The van der Waals surface area contributed by atoms with Gasteiger partial charge in [-0.2, -0.15) is 13.2 Å². The van der Waals surface area contributed by atoms with Gasteiger partial charge in [0.25, 0.3) is 5.91 Å². The fourth-order valence-electron chi connectivity index (χ4n) is 4.87. The molecule has 1 amide bonds. The molecule has 2 aliphatic heterocycles. The number of amides is 1. The molecule has 174 valence electrons. The number of nitrogen functional groups attached to an aromatic ring is 1. The van der Waals surface area contributed by atoms with Gasteiger partial charge in [0.1, 0.15) is 29.4 Å². The van der Waals surface area contributed by atoms with Gasteiger partial charge in [-0.3, -0.25) is 9.20 Å². The SMILES string of the molecule is Nc1nc2ccc(C(=O)N3CC(F)CC4Oc5cc(C(F)(F)F)ccc5C43)cc2n2cncc12. The lowest BCUT2D eigenvalue weighted by Gasteiger charge is -2.38. The van der Waals surface area contributed by atoms with E-state index in [4.69, 9.17) is 10.5 Å². The number of nitrogens with two attached hydrogens (primary N) is 1. The number of alkyl halides is 4. The Morgan fingerprint density at radius 3 is 2.76 bits per heavy atom. The predicted octanol–water partition coefficient (Wildman–Crippen LogP) is 4.17. The van der Waals surface area contributed by atoms with Crippen molar-refractivity contribution < 1.29 is 27.1 Å². The highest BCUT2D eigenvalue weighted by Crippen LogP contribution is 2.47. The number of nitrogens with zero attached hydrogens (tertiary/aromatic N) is 4. The Hall–Kier alpha value is -3.89. The zero-order valence-corrected chi connectivity index (χ0v) is 17.5. The van der Waals surface area contributed by atoms with E-state index in [-0.39, 0.29) is 24.3 Å². The third kappa shape index (κ3) is 3.06. The van der Waals surface area contributed by atoms with Crippen LogP contribution in [0.4, 0.5) is 23.4 Å². The molecule has 0 saturated carbocycles. The van der Waals surface area contributed by atoms with Crippen LogP contribution in [-0.4, -0.2) is 44.0 Å². The number of hydrogen-bond donors (Lipinski definition) is 1. The Labute approximate surface area is 189 Å². The maximum Gasteiger partial charge on any atom is 0.416 e. The smallest absolute Gasteiger partial charge is 0.416 e.